The molecular formula is C14H21FN2O. The van der Waals surface area contributed by atoms with Gasteiger partial charge in [0.25, 0.3) is 0 Å². The van der Waals surface area contributed by atoms with Crippen LogP contribution in [0.25, 0.3) is 0 Å². The van der Waals surface area contributed by atoms with E-state index in [0.29, 0.717) is 18.6 Å². The molecule has 1 aliphatic rings. The van der Waals surface area contributed by atoms with Crippen LogP contribution in [0.3, 0.4) is 0 Å². The molecule has 1 aromatic carbocycles. The fourth-order valence-corrected chi connectivity index (χ4v) is 2.51. The molecule has 1 aromatic rings. The zero-order valence-corrected chi connectivity index (χ0v) is 10.8. The van der Waals surface area contributed by atoms with Gasteiger partial charge in [-0.25, -0.2) is 4.39 Å². The molecule has 100 valence electrons. The van der Waals surface area contributed by atoms with E-state index in [9.17, 15) is 4.39 Å². The van der Waals surface area contributed by atoms with Gasteiger partial charge in [-0.15, -0.1) is 0 Å². The highest BCUT2D eigenvalue weighted by Gasteiger charge is 2.25. The van der Waals surface area contributed by atoms with Gasteiger partial charge in [0.1, 0.15) is 5.82 Å². The third-order valence-electron chi connectivity index (χ3n) is 3.61. The first-order chi connectivity index (χ1) is 8.72. The lowest BCUT2D eigenvalue weighted by molar-refractivity contribution is 0.0872. The minimum Gasteiger partial charge on any atom is -0.396 e. The van der Waals surface area contributed by atoms with Gasteiger partial charge < -0.3 is 15.8 Å². The summed E-state index contributed by atoms with van der Waals surface area (Å²) in [5.74, 6) is 0.217. The number of nitrogens with one attached hydrogen (secondary N) is 1. The fraction of sp³-hybridized carbons (Fsp3) is 0.571. The van der Waals surface area contributed by atoms with E-state index in [-0.39, 0.29) is 11.5 Å². The molecule has 1 heterocycles. The highest BCUT2D eigenvalue weighted by Crippen LogP contribution is 2.23. The summed E-state index contributed by atoms with van der Waals surface area (Å²) in [7, 11) is 0. The Balaban J connectivity index is 1.83. The van der Waals surface area contributed by atoms with Crippen LogP contribution in [0.15, 0.2) is 18.2 Å². The van der Waals surface area contributed by atoms with Gasteiger partial charge in [-0.3, -0.25) is 0 Å². The van der Waals surface area contributed by atoms with Crippen molar-refractivity contribution in [3.63, 3.8) is 0 Å². The fourth-order valence-electron chi connectivity index (χ4n) is 2.51. The van der Waals surface area contributed by atoms with Gasteiger partial charge in [0.2, 0.25) is 0 Å². The first kappa shape index (κ1) is 13.3. The summed E-state index contributed by atoms with van der Waals surface area (Å²) in [6, 6.07) is 4.93. The lowest BCUT2D eigenvalue weighted by Crippen LogP contribution is -2.28. The molecule has 1 saturated heterocycles. The number of para-hydroxylation sites is 1. The predicted octanol–water partition coefficient (Wildman–Crippen LogP) is 2.31. The Bertz CT molecular complexity index is 397. The van der Waals surface area contributed by atoms with Gasteiger partial charge in [-0.05, 0) is 30.4 Å². The maximum absolute atomic E-state index is 13.3. The normalized spacial score (nSPS) is 23.4. The zero-order valence-electron chi connectivity index (χ0n) is 10.8. The molecule has 0 amide bonds. The molecule has 2 atom stereocenters. The van der Waals surface area contributed by atoms with E-state index in [1.165, 1.54) is 6.07 Å². The Labute approximate surface area is 108 Å². The van der Waals surface area contributed by atoms with Crippen molar-refractivity contribution >= 4 is 5.69 Å². The molecule has 0 aliphatic carbocycles. The minimum absolute atomic E-state index is 0.250. The number of anilines is 1. The van der Waals surface area contributed by atoms with E-state index in [4.69, 9.17) is 10.5 Å². The van der Waals surface area contributed by atoms with Crippen LogP contribution in [-0.4, -0.2) is 19.3 Å². The lowest BCUT2D eigenvalue weighted by atomic mass is 9.99. The Hall–Kier alpha value is -1.13. The van der Waals surface area contributed by atoms with Crippen molar-refractivity contribution in [3.05, 3.63) is 29.6 Å². The van der Waals surface area contributed by atoms with Crippen LogP contribution in [0, 0.1) is 11.7 Å². The summed E-state index contributed by atoms with van der Waals surface area (Å²) in [5, 5.41) is 3.35. The lowest BCUT2D eigenvalue weighted by Gasteiger charge is -2.17. The van der Waals surface area contributed by atoms with Crippen molar-refractivity contribution in [2.75, 3.05) is 18.9 Å². The smallest absolute Gasteiger partial charge is 0.146 e. The molecule has 3 nitrogen and oxygen atoms in total. The van der Waals surface area contributed by atoms with E-state index < -0.39 is 0 Å². The number of hydrogen-bond donors (Lipinski definition) is 2. The molecule has 1 fully saturated rings. The summed E-state index contributed by atoms with van der Waals surface area (Å²) < 4.78 is 18.9. The van der Waals surface area contributed by atoms with Gasteiger partial charge in [0.15, 0.2) is 0 Å². The molecule has 18 heavy (non-hydrogen) atoms. The van der Waals surface area contributed by atoms with E-state index in [1.807, 2.05) is 6.07 Å². The van der Waals surface area contributed by atoms with E-state index in [0.717, 1.165) is 31.6 Å². The van der Waals surface area contributed by atoms with Crippen molar-refractivity contribution in [1.82, 2.24) is 5.32 Å². The second-order valence-electron chi connectivity index (χ2n) is 4.81. The number of nitrogen functional groups attached to an aromatic ring is 1. The van der Waals surface area contributed by atoms with Crippen molar-refractivity contribution in [2.45, 2.75) is 32.4 Å². The molecule has 3 N–H and O–H groups in total. The summed E-state index contributed by atoms with van der Waals surface area (Å²) >= 11 is 0. The average molecular weight is 252 g/mol. The number of hydrogen-bond acceptors (Lipinski definition) is 3. The average Bonchev–Trinajstić information content (AvgIpc) is 2.82. The molecule has 0 aromatic heterocycles. The van der Waals surface area contributed by atoms with Crippen LogP contribution in [-0.2, 0) is 11.3 Å². The maximum Gasteiger partial charge on any atom is 0.146 e. The highest BCUT2D eigenvalue weighted by atomic mass is 19.1. The van der Waals surface area contributed by atoms with Gasteiger partial charge in [0, 0.05) is 19.7 Å². The topological polar surface area (TPSA) is 47.3 Å². The van der Waals surface area contributed by atoms with Crippen molar-refractivity contribution in [3.8, 4) is 0 Å². The largest absolute Gasteiger partial charge is 0.396 e. The summed E-state index contributed by atoms with van der Waals surface area (Å²) in [6.45, 7) is 4.51. The third-order valence-corrected chi connectivity index (χ3v) is 3.61. The zero-order chi connectivity index (χ0) is 13.0. The molecule has 0 bridgehead atoms. The van der Waals surface area contributed by atoms with Gasteiger partial charge in [-0.2, -0.15) is 0 Å². The van der Waals surface area contributed by atoms with E-state index >= 15 is 0 Å². The van der Waals surface area contributed by atoms with Crippen LogP contribution in [0.4, 0.5) is 10.1 Å². The van der Waals surface area contributed by atoms with Crippen molar-refractivity contribution in [2.24, 2.45) is 5.92 Å². The monoisotopic (exact) mass is 252 g/mol. The molecule has 1 aliphatic heterocycles. The summed E-state index contributed by atoms with van der Waals surface area (Å²) in [4.78, 5) is 0. The molecule has 0 spiro atoms. The van der Waals surface area contributed by atoms with Gasteiger partial charge >= 0.3 is 0 Å². The van der Waals surface area contributed by atoms with Crippen LogP contribution in [0.5, 0.6) is 0 Å². The summed E-state index contributed by atoms with van der Waals surface area (Å²) in [6.07, 6.45) is 2.51. The Morgan fingerprint density at radius 1 is 1.50 bits per heavy atom. The standard InChI is InChI=1S/C14H21FN2O/c1-2-13-10(6-7-18-13)8-17-9-11-4-3-5-12(15)14(11)16/h3-5,10,13,17H,2,6-9,16H2,1H3. The number of benzene rings is 1. The molecule has 2 rings (SSSR count). The quantitative estimate of drug-likeness (QED) is 0.791. The number of halogens is 1. The van der Waals surface area contributed by atoms with Crippen molar-refractivity contribution < 1.29 is 9.13 Å². The first-order valence-corrected chi connectivity index (χ1v) is 6.57. The minimum atomic E-state index is -0.343. The molecule has 4 heteroatoms. The molecular weight excluding hydrogens is 231 g/mol. The van der Waals surface area contributed by atoms with Gasteiger partial charge in [0.05, 0.1) is 11.8 Å². The first-order valence-electron chi connectivity index (χ1n) is 6.57. The van der Waals surface area contributed by atoms with E-state index in [2.05, 4.69) is 12.2 Å². The molecule has 2 unspecified atom stereocenters. The Morgan fingerprint density at radius 3 is 3.11 bits per heavy atom. The SMILES string of the molecule is CCC1OCCC1CNCc1cccc(F)c1N. The van der Waals surface area contributed by atoms with E-state index in [1.54, 1.807) is 6.07 Å². The maximum atomic E-state index is 13.3. The van der Waals surface area contributed by atoms with Crippen LogP contribution in [0.2, 0.25) is 0 Å². The van der Waals surface area contributed by atoms with Crippen LogP contribution >= 0.6 is 0 Å². The molecule has 0 radical (unpaired) electrons. The van der Waals surface area contributed by atoms with Crippen molar-refractivity contribution in [1.29, 1.82) is 0 Å². The van der Waals surface area contributed by atoms with Gasteiger partial charge in [-0.1, -0.05) is 19.1 Å². The number of rotatable bonds is 5. The van der Waals surface area contributed by atoms with Crippen LogP contribution < -0.4 is 11.1 Å². The number of nitrogens with two attached hydrogens (primary N) is 1. The second kappa shape index (κ2) is 6.16. The Morgan fingerprint density at radius 2 is 2.33 bits per heavy atom. The predicted molar refractivity (Wildman–Crippen MR) is 70.7 cm³/mol. The molecule has 0 saturated carbocycles. The highest BCUT2D eigenvalue weighted by molar-refractivity contribution is 5.47. The Kier molecular flexibility index (Phi) is 4.55. The summed E-state index contributed by atoms with van der Waals surface area (Å²) in [5.41, 5.74) is 6.76. The number of ether oxygens (including phenoxy) is 1. The second-order valence-corrected chi connectivity index (χ2v) is 4.81. The third kappa shape index (κ3) is 3.00. The van der Waals surface area contributed by atoms with Crippen LogP contribution in [0.1, 0.15) is 25.3 Å².